The highest BCUT2D eigenvalue weighted by Gasteiger charge is 1.96. The van der Waals surface area contributed by atoms with E-state index in [4.69, 9.17) is 4.74 Å². The maximum atomic E-state index is 5.42. The molecular weight excluding hydrogens is 184 g/mol. The molecule has 2 aromatic heterocycles. The van der Waals surface area contributed by atoms with Crippen molar-refractivity contribution < 1.29 is 4.74 Å². The minimum absolute atomic E-state index is 0.428. The standard InChI is InChI=1S/C9H8N2OS/c1-3-10-9(11-4-1)6-12-8-2-5-13-7-8/h1-5,7H,6H2. The van der Waals surface area contributed by atoms with Gasteiger partial charge in [-0.3, -0.25) is 0 Å². The zero-order valence-electron chi connectivity index (χ0n) is 6.88. The molecule has 0 amide bonds. The Morgan fingerprint density at radius 2 is 2.15 bits per heavy atom. The highest BCUT2D eigenvalue weighted by molar-refractivity contribution is 7.08. The van der Waals surface area contributed by atoms with Crippen molar-refractivity contribution in [1.82, 2.24) is 9.97 Å². The van der Waals surface area contributed by atoms with Crippen molar-refractivity contribution in [2.45, 2.75) is 6.61 Å². The topological polar surface area (TPSA) is 35.0 Å². The molecule has 4 heteroatoms. The van der Waals surface area contributed by atoms with E-state index in [1.54, 1.807) is 29.8 Å². The number of ether oxygens (including phenoxy) is 1. The van der Waals surface area contributed by atoms with Crippen molar-refractivity contribution in [1.29, 1.82) is 0 Å². The first-order valence-electron chi connectivity index (χ1n) is 3.86. The summed E-state index contributed by atoms with van der Waals surface area (Å²) in [5.74, 6) is 1.58. The van der Waals surface area contributed by atoms with Crippen LogP contribution in [0.5, 0.6) is 5.75 Å². The second-order valence-corrected chi connectivity index (χ2v) is 3.19. The number of thiophene rings is 1. The summed E-state index contributed by atoms with van der Waals surface area (Å²) in [6, 6.07) is 3.71. The van der Waals surface area contributed by atoms with Crippen LogP contribution in [0.1, 0.15) is 5.82 Å². The van der Waals surface area contributed by atoms with Gasteiger partial charge in [0.1, 0.15) is 12.4 Å². The van der Waals surface area contributed by atoms with Crippen LogP contribution in [0.4, 0.5) is 0 Å². The van der Waals surface area contributed by atoms with Gasteiger partial charge in [-0.05, 0) is 17.5 Å². The Labute approximate surface area is 80.0 Å². The number of nitrogens with zero attached hydrogens (tertiary/aromatic N) is 2. The number of aromatic nitrogens is 2. The quantitative estimate of drug-likeness (QED) is 0.747. The highest BCUT2D eigenvalue weighted by atomic mass is 32.1. The van der Waals surface area contributed by atoms with Crippen LogP contribution < -0.4 is 4.74 Å². The fourth-order valence-electron chi connectivity index (χ4n) is 0.886. The first-order chi connectivity index (χ1) is 6.45. The molecule has 0 unspecified atom stereocenters. The SMILES string of the molecule is c1cnc(COc2ccsc2)nc1. The van der Waals surface area contributed by atoms with Gasteiger partial charge < -0.3 is 4.74 Å². The highest BCUT2D eigenvalue weighted by Crippen LogP contribution is 2.15. The average Bonchev–Trinajstić information content (AvgIpc) is 2.69. The van der Waals surface area contributed by atoms with Crippen molar-refractivity contribution in [2.24, 2.45) is 0 Å². The zero-order valence-corrected chi connectivity index (χ0v) is 7.70. The van der Waals surface area contributed by atoms with E-state index in [0.717, 1.165) is 5.75 Å². The molecule has 2 rings (SSSR count). The fraction of sp³-hybridized carbons (Fsp3) is 0.111. The molecule has 0 aliphatic rings. The normalized spacial score (nSPS) is 9.85. The Hall–Kier alpha value is -1.42. The van der Waals surface area contributed by atoms with E-state index in [1.807, 2.05) is 16.8 Å². The third-order valence-corrected chi connectivity index (χ3v) is 2.14. The minimum atomic E-state index is 0.428. The van der Waals surface area contributed by atoms with Gasteiger partial charge in [0.2, 0.25) is 0 Å². The summed E-state index contributed by atoms with van der Waals surface area (Å²) in [5, 5.41) is 3.92. The summed E-state index contributed by atoms with van der Waals surface area (Å²) in [7, 11) is 0. The molecule has 13 heavy (non-hydrogen) atoms. The summed E-state index contributed by atoms with van der Waals surface area (Å²) < 4.78 is 5.42. The molecule has 0 atom stereocenters. The average molecular weight is 192 g/mol. The van der Waals surface area contributed by atoms with Crippen LogP contribution in [0.25, 0.3) is 0 Å². The van der Waals surface area contributed by atoms with E-state index < -0.39 is 0 Å². The molecule has 66 valence electrons. The molecule has 3 nitrogen and oxygen atoms in total. The van der Waals surface area contributed by atoms with Crippen LogP contribution in [-0.2, 0) is 6.61 Å². The summed E-state index contributed by atoms with van der Waals surface area (Å²) in [6.07, 6.45) is 3.42. The molecule has 2 heterocycles. The van der Waals surface area contributed by atoms with Gasteiger partial charge in [0.25, 0.3) is 0 Å². The Bertz CT molecular complexity index is 347. The second-order valence-electron chi connectivity index (χ2n) is 2.41. The largest absolute Gasteiger partial charge is 0.485 e. The number of hydrogen-bond donors (Lipinski definition) is 0. The second kappa shape index (κ2) is 4.00. The summed E-state index contributed by atoms with van der Waals surface area (Å²) in [4.78, 5) is 8.09. The Balaban J connectivity index is 1.94. The van der Waals surface area contributed by atoms with Gasteiger partial charge in [0, 0.05) is 17.8 Å². The summed E-state index contributed by atoms with van der Waals surface area (Å²) >= 11 is 1.61. The van der Waals surface area contributed by atoms with E-state index in [9.17, 15) is 0 Å². The molecule has 0 aliphatic carbocycles. The Morgan fingerprint density at radius 3 is 2.85 bits per heavy atom. The van der Waals surface area contributed by atoms with E-state index >= 15 is 0 Å². The monoisotopic (exact) mass is 192 g/mol. The summed E-state index contributed by atoms with van der Waals surface area (Å²) in [6.45, 7) is 0.428. The van der Waals surface area contributed by atoms with E-state index in [-0.39, 0.29) is 0 Å². The van der Waals surface area contributed by atoms with E-state index in [2.05, 4.69) is 9.97 Å². The molecule has 0 aliphatic heterocycles. The van der Waals surface area contributed by atoms with Crippen molar-refractivity contribution in [3.63, 3.8) is 0 Å². The first-order valence-corrected chi connectivity index (χ1v) is 4.80. The number of hydrogen-bond acceptors (Lipinski definition) is 4. The van der Waals surface area contributed by atoms with E-state index in [1.165, 1.54) is 0 Å². The Kier molecular flexibility index (Phi) is 2.52. The summed E-state index contributed by atoms with van der Waals surface area (Å²) in [5.41, 5.74) is 0. The molecule has 0 bridgehead atoms. The molecule has 0 aromatic carbocycles. The molecule has 2 aromatic rings. The maximum absolute atomic E-state index is 5.42. The van der Waals surface area contributed by atoms with E-state index in [0.29, 0.717) is 12.4 Å². The maximum Gasteiger partial charge on any atom is 0.166 e. The smallest absolute Gasteiger partial charge is 0.166 e. The van der Waals surface area contributed by atoms with Gasteiger partial charge in [-0.25, -0.2) is 9.97 Å². The van der Waals surface area contributed by atoms with Crippen LogP contribution in [0, 0.1) is 0 Å². The molecule has 0 saturated heterocycles. The predicted molar refractivity (Wildman–Crippen MR) is 50.7 cm³/mol. The third-order valence-electron chi connectivity index (χ3n) is 1.48. The van der Waals surface area contributed by atoms with Crippen LogP contribution in [0.15, 0.2) is 35.3 Å². The lowest BCUT2D eigenvalue weighted by Crippen LogP contribution is -1.99. The van der Waals surface area contributed by atoms with Gasteiger partial charge in [0.05, 0.1) is 0 Å². The predicted octanol–water partition coefficient (Wildman–Crippen LogP) is 2.12. The molecular formula is C9H8N2OS. The van der Waals surface area contributed by atoms with Gasteiger partial charge in [-0.2, -0.15) is 0 Å². The molecule has 0 spiro atoms. The van der Waals surface area contributed by atoms with Crippen molar-refractivity contribution >= 4 is 11.3 Å². The molecule has 0 saturated carbocycles. The minimum Gasteiger partial charge on any atom is -0.485 e. The fourth-order valence-corrected chi connectivity index (χ4v) is 1.46. The lowest BCUT2D eigenvalue weighted by molar-refractivity contribution is 0.297. The van der Waals surface area contributed by atoms with Crippen molar-refractivity contribution in [2.75, 3.05) is 0 Å². The first kappa shape index (κ1) is 8.19. The lowest BCUT2D eigenvalue weighted by atomic mass is 10.5. The van der Waals surface area contributed by atoms with Crippen LogP contribution in [0.3, 0.4) is 0 Å². The van der Waals surface area contributed by atoms with Crippen LogP contribution >= 0.6 is 11.3 Å². The lowest BCUT2D eigenvalue weighted by Gasteiger charge is -2.00. The van der Waals surface area contributed by atoms with Gasteiger partial charge in [-0.15, -0.1) is 11.3 Å². The van der Waals surface area contributed by atoms with Crippen LogP contribution in [-0.4, -0.2) is 9.97 Å². The van der Waals surface area contributed by atoms with Crippen molar-refractivity contribution in [3.05, 3.63) is 41.1 Å². The zero-order chi connectivity index (χ0) is 8.93. The third kappa shape index (κ3) is 2.26. The molecule has 0 radical (unpaired) electrons. The Morgan fingerprint density at radius 1 is 1.31 bits per heavy atom. The van der Waals surface area contributed by atoms with Gasteiger partial charge in [-0.1, -0.05) is 0 Å². The van der Waals surface area contributed by atoms with Gasteiger partial charge >= 0.3 is 0 Å². The molecule has 0 N–H and O–H groups in total. The van der Waals surface area contributed by atoms with Gasteiger partial charge in [0.15, 0.2) is 5.82 Å². The molecule has 0 fully saturated rings. The van der Waals surface area contributed by atoms with Crippen LogP contribution in [0.2, 0.25) is 0 Å². The van der Waals surface area contributed by atoms with Crippen molar-refractivity contribution in [3.8, 4) is 5.75 Å². The number of rotatable bonds is 3.